The van der Waals surface area contributed by atoms with Gasteiger partial charge in [0.2, 0.25) is 0 Å². The number of benzene rings is 1. The van der Waals surface area contributed by atoms with Crippen molar-refractivity contribution in [3.05, 3.63) is 46.1 Å². The minimum Gasteiger partial charge on any atom is -0.451 e. The van der Waals surface area contributed by atoms with Crippen LogP contribution >= 0.6 is 23.2 Å². The third-order valence-electron chi connectivity index (χ3n) is 2.77. The Balaban J connectivity index is 1.80. The van der Waals surface area contributed by atoms with E-state index in [1.54, 1.807) is 37.4 Å². The highest BCUT2D eigenvalue weighted by molar-refractivity contribution is 6.42. The number of nitrogens with zero attached hydrogens (tertiary/aromatic N) is 4. The zero-order chi connectivity index (χ0) is 15.7. The number of rotatable bonds is 3. The van der Waals surface area contributed by atoms with E-state index in [0.29, 0.717) is 21.4 Å². The summed E-state index contributed by atoms with van der Waals surface area (Å²) in [5, 5.41) is 14.5. The van der Waals surface area contributed by atoms with Crippen LogP contribution in [0.4, 0.5) is 5.95 Å². The Morgan fingerprint density at radius 3 is 2.73 bits per heavy atom. The first-order valence-corrected chi connectivity index (χ1v) is 6.89. The van der Waals surface area contributed by atoms with Crippen LogP contribution in [0.3, 0.4) is 0 Å². The molecule has 2 heterocycles. The van der Waals surface area contributed by atoms with Crippen molar-refractivity contribution in [3.8, 4) is 11.3 Å². The molecule has 0 radical (unpaired) electrons. The van der Waals surface area contributed by atoms with E-state index < -0.39 is 5.91 Å². The average molecular weight is 338 g/mol. The van der Waals surface area contributed by atoms with Crippen LogP contribution in [0.1, 0.15) is 10.6 Å². The fourth-order valence-corrected chi connectivity index (χ4v) is 2.06. The fraction of sp³-hybridized carbons (Fsp3) is 0.0769. The van der Waals surface area contributed by atoms with Crippen molar-refractivity contribution >= 4 is 35.1 Å². The minimum absolute atomic E-state index is 0.0972. The predicted octanol–water partition coefficient (Wildman–Crippen LogP) is 3.03. The van der Waals surface area contributed by atoms with Gasteiger partial charge in [-0.15, -0.1) is 5.10 Å². The molecule has 0 spiro atoms. The van der Waals surface area contributed by atoms with Gasteiger partial charge < -0.3 is 4.42 Å². The molecule has 0 fully saturated rings. The molecule has 3 rings (SSSR count). The first kappa shape index (κ1) is 14.6. The number of carbonyl (C=O) groups is 1. The van der Waals surface area contributed by atoms with Crippen molar-refractivity contribution in [2.75, 3.05) is 5.32 Å². The van der Waals surface area contributed by atoms with Crippen LogP contribution in [0, 0.1) is 0 Å². The van der Waals surface area contributed by atoms with E-state index in [4.69, 9.17) is 27.6 Å². The van der Waals surface area contributed by atoms with Crippen LogP contribution in [0.5, 0.6) is 0 Å². The first-order chi connectivity index (χ1) is 10.5. The molecule has 0 bridgehead atoms. The lowest BCUT2D eigenvalue weighted by atomic mass is 10.2. The van der Waals surface area contributed by atoms with E-state index in [-0.39, 0.29) is 11.7 Å². The van der Waals surface area contributed by atoms with Gasteiger partial charge in [-0.3, -0.25) is 10.1 Å². The largest absolute Gasteiger partial charge is 0.451 e. The zero-order valence-electron chi connectivity index (χ0n) is 11.2. The molecule has 0 unspecified atom stereocenters. The van der Waals surface area contributed by atoms with Gasteiger partial charge in [-0.25, -0.2) is 0 Å². The predicted molar refractivity (Wildman–Crippen MR) is 80.9 cm³/mol. The number of hydrogen-bond donors (Lipinski definition) is 1. The number of halogens is 2. The van der Waals surface area contributed by atoms with Crippen molar-refractivity contribution in [1.29, 1.82) is 0 Å². The van der Waals surface area contributed by atoms with Crippen molar-refractivity contribution in [3.63, 3.8) is 0 Å². The average Bonchev–Trinajstić information content (AvgIpc) is 3.11. The molecule has 0 saturated heterocycles. The molecule has 112 valence electrons. The van der Waals surface area contributed by atoms with Crippen LogP contribution in [0.2, 0.25) is 10.0 Å². The van der Waals surface area contributed by atoms with Gasteiger partial charge in [0.1, 0.15) is 5.76 Å². The highest BCUT2D eigenvalue weighted by atomic mass is 35.5. The van der Waals surface area contributed by atoms with Crippen molar-refractivity contribution in [2.24, 2.45) is 7.05 Å². The van der Waals surface area contributed by atoms with Gasteiger partial charge in [-0.1, -0.05) is 28.3 Å². The van der Waals surface area contributed by atoms with Gasteiger partial charge in [-0.05, 0) is 35.5 Å². The summed E-state index contributed by atoms with van der Waals surface area (Å²) in [7, 11) is 1.60. The molecule has 7 nitrogen and oxygen atoms in total. The maximum absolute atomic E-state index is 12.0. The van der Waals surface area contributed by atoms with Crippen LogP contribution in [0.25, 0.3) is 11.3 Å². The second-order valence-corrected chi connectivity index (χ2v) is 5.16. The molecule has 2 aromatic heterocycles. The van der Waals surface area contributed by atoms with Crippen molar-refractivity contribution < 1.29 is 9.21 Å². The molecular formula is C13H9Cl2N5O2. The van der Waals surface area contributed by atoms with Crippen molar-refractivity contribution in [2.45, 2.75) is 0 Å². The maximum atomic E-state index is 12.0. The third-order valence-corrected chi connectivity index (χ3v) is 3.51. The first-order valence-electron chi connectivity index (χ1n) is 6.13. The summed E-state index contributed by atoms with van der Waals surface area (Å²) in [6.07, 6.45) is 0. The lowest BCUT2D eigenvalue weighted by Crippen LogP contribution is -2.12. The number of furan rings is 1. The summed E-state index contributed by atoms with van der Waals surface area (Å²) in [5.74, 6) is 0.239. The number of carbonyl (C=O) groups excluding carboxylic acids is 1. The van der Waals surface area contributed by atoms with Gasteiger partial charge in [0.05, 0.1) is 17.1 Å². The van der Waals surface area contributed by atoms with E-state index in [1.165, 1.54) is 4.80 Å². The quantitative estimate of drug-likeness (QED) is 0.793. The summed E-state index contributed by atoms with van der Waals surface area (Å²) in [6, 6.07) is 8.28. The molecule has 1 amide bonds. The minimum atomic E-state index is -0.473. The highest BCUT2D eigenvalue weighted by Crippen LogP contribution is 2.29. The van der Waals surface area contributed by atoms with E-state index in [1.807, 2.05) is 0 Å². The van der Waals surface area contributed by atoms with Crippen molar-refractivity contribution in [1.82, 2.24) is 20.2 Å². The lowest BCUT2D eigenvalue weighted by Gasteiger charge is -2.00. The van der Waals surface area contributed by atoms with Gasteiger partial charge in [0.25, 0.3) is 11.9 Å². The summed E-state index contributed by atoms with van der Waals surface area (Å²) in [5.41, 5.74) is 0.714. The number of amides is 1. The van der Waals surface area contributed by atoms with Crippen LogP contribution in [-0.4, -0.2) is 26.1 Å². The standard InChI is InChI=1S/C13H9Cl2N5O2/c1-20-18-13(17-19-20)16-12(21)11-5-4-10(22-11)7-2-3-8(14)9(15)6-7/h2-6H,1H3,(H,16,18,21). The fourth-order valence-electron chi connectivity index (χ4n) is 1.76. The van der Waals surface area contributed by atoms with Gasteiger partial charge in [0, 0.05) is 5.56 Å². The molecule has 1 N–H and O–H groups in total. The molecule has 3 aromatic rings. The smallest absolute Gasteiger partial charge is 0.293 e. The summed E-state index contributed by atoms with van der Waals surface area (Å²) < 4.78 is 5.51. The number of tetrazole rings is 1. The Labute approximate surface area is 134 Å². The monoisotopic (exact) mass is 337 g/mol. The Bertz CT molecular complexity index is 843. The van der Waals surface area contributed by atoms with Gasteiger partial charge in [-0.2, -0.15) is 4.80 Å². The second kappa shape index (κ2) is 5.78. The van der Waals surface area contributed by atoms with Gasteiger partial charge >= 0.3 is 0 Å². The highest BCUT2D eigenvalue weighted by Gasteiger charge is 2.15. The van der Waals surface area contributed by atoms with E-state index in [2.05, 4.69) is 20.7 Å². The topological polar surface area (TPSA) is 85.8 Å². The number of nitrogens with one attached hydrogen (secondary N) is 1. The molecule has 1 aromatic carbocycles. The Kier molecular flexibility index (Phi) is 3.82. The SMILES string of the molecule is Cn1nnc(NC(=O)c2ccc(-c3ccc(Cl)c(Cl)c3)o2)n1. The number of hydrogen-bond acceptors (Lipinski definition) is 5. The molecule has 0 aliphatic carbocycles. The Hall–Kier alpha value is -2.38. The van der Waals surface area contributed by atoms with E-state index in [0.717, 1.165) is 0 Å². The molecule has 0 aliphatic heterocycles. The molecule has 0 aliphatic rings. The number of aryl methyl sites for hydroxylation is 1. The summed E-state index contributed by atoms with van der Waals surface area (Å²) in [6.45, 7) is 0. The maximum Gasteiger partial charge on any atom is 0.293 e. The number of anilines is 1. The number of aromatic nitrogens is 4. The normalized spacial score (nSPS) is 10.7. The molecule has 0 saturated carbocycles. The van der Waals surface area contributed by atoms with Gasteiger partial charge in [0.15, 0.2) is 5.76 Å². The zero-order valence-corrected chi connectivity index (χ0v) is 12.8. The summed E-state index contributed by atoms with van der Waals surface area (Å²) >= 11 is 11.8. The molecule has 9 heteroatoms. The van der Waals surface area contributed by atoms with Crippen LogP contribution in [0.15, 0.2) is 34.7 Å². The summed E-state index contributed by atoms with van der Waals surface area (Å²) in [4.78, 5) is 13.3. The van der Waals surface area contributed by atoms with Crippen LogP contribution < -0.4 is 5.32 Å². The third kappa shape index (κ3) is 2.95. The van der Waals surface area contributed by atoms with E-state index >= 15 is 0 Å². The second-order valence-electron chi connectivity index (χ2n) is 4.35. The molecular weight excluding hydrogens is 329 g/mol. The van der Waals surface area contributed by atoms with E-state index in [9.17, 15) is 4.79 Å². The lowest BCUT2D eigenvalue weighted by molar-refractivity contribution is 0.0996. The molecule has 22 heavy (non-hydrogen) atoms. The molecule has 0 atom stereocenters. The Morgan fingerprint density at radius 1 is 1.23 bits per heavy atom. The Morgan fingerprint density at radius 2 is 2.05 bits per heavy atom. The van der Waals surface area contributed by atoms with Crippen LogP contribution in [-0.2, 0) is 7.05 Å².